The molecule has 0 aliphatic carbocycles. The van der Waals surface area contributed by atoms with Crippen LogP contribution in [0.15, 0.2) is 24.3 Å². The van der Waals surface area contributed by atoms with E-state index in [0.29, 0.717) is 17.9 Å². The minimum Gasteiger partial charge on any atom is -0.450 e. The molecular weight excluding hydrogens is 326 g/mol. The fourth-order valence-electron chi connectivity index (χ4n) is 4.95. The third-order valence-electron chi connectivity index (χ3n) is 6.59. The van der Waals surface area contributed by atoms with Gasteiger partial charge in [0.05, 0.1) is 6.61 Å². The second kappa shape index (κ2) is 7.47. The van der Waals surface area contributed by atoms with Crippen molar-refractivity contribution >= 4 is 11.8 Å². The fourth-order valence-corrected chi connectivity index (χ4v) is 4.95. The first-order chi connectivity index (χ1) is 12.7. The third-order valence-corrected chi connectivity index (χ3v) is 6.59. The molecule has 0 aromatic heterocycles. The summed E-state index contributed by atoms with van der Waals surface area (Å²) in [5, 5.41) is 3.61. The van der Waals surface area contributed by atoms with Gasteiger partial charge in [-0.15, -0.1) is 0 Å². The van der Waals surface area contributed by atoms with Crippen LogP contribution < -0.4 is 5.32 Å². The largest absolute Gasteiger partial charge is 0.450 e. The standard InChI is InChI=1S/C21H31N3O2/c1-2-26-20(25)24-11-7-17(8-12-24)15-23-13-9-21(10-14-23)16-22-19-6-4-3-5-18(19)21/h3-6,17,22H,2,7-16H2,1H3. The summed E-state index contributed by atoms with van der Waals surface area (Å²) >= 11 is 0. The maximum atomic E-state index is 11.8. The molecule has 26 heavy (non-hydrogen) atoms. The second-order valence-corrected chi connectivity index (χ2v) is 8.11. The highest BCUT2D eigenvalue weighted by Gasteiger charge is 2.41. The minimum atomic E-state index is -0.140. The number of nitrogens with zero attached hydrogens (tertiary/aromatic N) is 2. The molecule has 3 heterocycles. The zero-order valence-corrected chi connectivity index (χ0v) is 15.9. The van der Waals surface area contributed by atoms with E-state index in [-0.39, 0.29) is 6.09 Å². The molecule has 0 saturated carbocycles. The lowest BCUT2D eigenvalue weighted by atomic mass is 9.74. The van der Waals surface area contributed by atoms with Crippen molar-refractivity contribution in [1.82, 2.24) is 9.80 Å². The molecule has 3 aliphatic heterocycles. The van der Waals surface area contributed by atoms with Crippen molar-refractivity contribution < 1.29 is 9.53 Å². The number of para-hydroxylation sites is 1. The predicted octanol–water partition coefficient (Wildman–Crippen LogP) is 3.31. The summed E-state index contributed by atoms with van der Waals surface area (Å²) < 4.78 is 5.12. The topological polar surface area (TPSA) is 44.8 Å². The van der Waals surface area contributed by atoms with Crippen LogP contribution in [-0.4, -0.2) is 61.8 Å². The summed E-state index contributed by atoms with van der Waals surface area (Å²) in [7, 11) is 0. The zero-order valence-electron chi connectivity index (χ0n) is 15.9. The van der Waals surface area contributed by atoms with E-state index in [1.807, 2.05) is 11.8 Å². The molecule has 1 spiro atoms. The number of nitrogens with one attached hydrogen (secondary N) is 1. The number of carbonyl (C=O) groups is 1. The van der Waals surface area contributed by atoms with Gasteiger partial charge in [-0.2, -0.15) is 0 Å². The van der Waals surface area contributed by atoms with Crippen LogP contribution in [0.3, 0.4) is 0 Å². The number of piperidine rings is 2. The molecule has 5 heteroatoms. The molecule has 1 aromatic rings. The van der Waals surface area contributed by atoms with Gasteiger partial charge in [0.25, 0.3) is 0 Å². The van der Waals surface area contributed by atoms with Crippen molar-refractivity contribution in [3.63, 3.8) is 0 Å². The highest BCUT2D eigenvalue weighted by molar-refractivity contribution is 5.67. The maximum Gasteiger partial charge on any atom is 0.409 e. The number of ether oxygens (including phenoxy) is 1. The van der Waals surface area contributed by atoms with E-state index in [2.05, 4.69) is 34.5 Å². The molecule has 2 saturated heterocycles. The molecule has 0 unspecified atom stereocenters. The van der Waals surface area contributed by atoms with E-state index in [0.717, 1.165) is 32.5 Å². The number of amides is 1. The summed E-state index contributed by atoms with van der Waals surface area (Å²) in [5.41, 5.74) is 3.22. The Labute approximate surface area is 156 Å². The Morgan fingerprint density at radius 1 is 1.19 bits per heavy atom. The number of hydrogen-bond donors (Lipinski definition) is 1. The Hall–Kier alpha value is -1.75. The van der Waals surface area contributed by atoms with E-state index in [1.54, 1.807) is 0 Å². The number of rotatable bonds is 3. The lowest BCUT2D eigenvalue weighted by molar-refractivity contribution is 0.0800. The normalized spacial score (nSPS) is 22.9. The van der Waals surface area contributed by atoms with E-state index >= 15 is 0 Å². The molecule has 3 aliphatic rings. The number of anilines is 1. The summed E-state index contributed by atoms with van der Waals surface area (Å²) in [6.45, 7) is 8.68. The Bertz CT molecular complexity index is 632. The predicted molar refractivity (Wildman–Crippen MR) is 104 cm³/mol. The molecule has 2 fully saturated rings. The van der Waals surface area contributed by atoms with E-state index < -0.39 is 0 Å². The Balaban J connectivity index is 1.26. The molecule has 142 valence electrons. The number of benzene rings is 1. The fraction of sp³-hybridized carbons (Fsp3) is 0.667. The SMILES string of the molecule is CCOC(=O)N1CCC(CN2CCC3(CC2)CNc2ccccc23)CC1. The quantitative estimate of drug-likeness (QED) is 0.901. The molecule has 0 bridgehead atoms. The van der Waals surface area contributed by atoms with Crippen LogP contribution in [0.4, 0.5) is 10.5 Å². The molecule has 1 amide bonds. The summed E-state index contributed by atoms with van der Waals surface area (Å²) in [6, 6.07) is 8.84. The molecule has 0 atom stereocenters. The molecule has 1 N–H and O–H groups in total. The number of likely N-dealkylation sites (tertiary alicyclic amines) is 2. The van der Waals surface area contributed by atoms with Gasteiger partial charge in [-0.1, -0.05) is 18.2 Å². The molecule has 4 rings (SSSR count). The maximum absolute atomic E-state index is 11.8. The Morgan fingerprint density at radius 2 is 1.92 bits per heavy atom. The zero-order chi connectivity index (χ0) is 18.0. The first-order valence-electron chi connectivity index (χ1n) is 10.2. The average molecular weight is 357 g/mol. The molecule has 5 nitrogen and oxygen atoms in total. The molecule has 0 radical (unpaired) electrons. The van der Waals surface area contributed by atoms with Gasteiger partial charge in [0.1, 0.15) is 0 Å². The van der Waals surface area contributed by atoms with Crippen molar-refractivity contribution in [2.45, 2.75) is 38.0 Å². The molecule has 1 aromatic carbocycles. The lowest BCUT2D eigenvalue weighted by Crippen LogP contribution is -2.47. The number of hydrogen-bond acceptors (Lipinski definition) is 4. The average Bonchev–Trinajstić information content (AvgIpc) is 3.03. The van der Waals surface area contributed by atoms with E-state index in [4.69, 9.17) is 4.74 Å². The van der Waals surface area contributed by atoms with Gasteiger partial charge in [-0.3, -0.25) is 0 Å². The van der Waals surface area contributed by atoms with Gasteiger partial charge in [0, 0.05) is 37.3 Å². The van der Waals surface area contributed by atoms with E-state index in [1.165, 1.54) is 43.7 Å². The van der Waals surface area contributed by atoms with Crippen molar-refractivity contribution in [3.05, 3.63) is 29.8 Å². The van der Waals surface area contributed by atoms with Gasteiger partial charge >= 0.3 is 6.09 Å². The van der Waals surface area contributed by atoms with Crippen LogP contribution in [0.5, 0.6) is 0 Å². The minimum absolute atomic E-state index is 0.140. The summed E-state index contributed by atoms with van der Waals surface area (Å²) in [6.07, 6.45) is 4.56. The van der Waals surface area contributed by atoms with Gasteiger partial charge in [0.15, 0.2) is 0 Å². The van der Waals surface area contributed by atoms with Gasteiger partial charge in [0.2, 0.25) is 0 Å². The van der Waals surface area contributed by atoms with Crippen LogP contribution in [0.2, 0.25) is 0 Å². The van der Waals surface area contributed by atoms with Crippen LogP contribution >= 0.6 is 0 Å². The highest BCUT2D eigenvalue weighted by Crippen LogP contribution is 2.43. The van der Waals surface area contributed by atoms with Crippen molar-refractivity contribution in [2.24, 2.45) is 5.92 Å². The Kier molecular flexibility index (Phi) is 5.07. The van der Waals surface area contributed by atoms with Crippen LogP contribution in [0.25, 0.3) is 0 Å². The summed E-state index contributed by atoms with van der Waals surface area (Å²) in [5.74, 6) is 0.712. The third kappa shape index (κ3) is 3.41. The van der Waals surface area contributed by atoms with Gasteiger partial charge in [-0.25, -0.2) is 4.79 Å². The van der Waals surface area contributed by atoms with Gasteiger partial charge in [-0.05, 0) is 63.2 Å². The van der Waals surface area contributed by atoms with Crippen LogP contribution in [0.1, 0.15) is 38.2 Å². The first kappa shape index (κ1) is 17.7. The smallest absolute Gasteiger partial charge is 0.409 e. The lowest BCUT2D eigenvalue weighted by Gasteiger charge is -2.41. The highest BCUT2D eigenvalue weighted by atomic mass is 16.6. The molecular formula is C21H31N3O2. The Morgan fingerprint density at radius 3 is 2.65 bits per heavy atom. The van der Waals surface area contributed by atoms with Crippen LogP contribution in [-0.2, 0) is 10.2 Å². The number of fused-ring (bicyclic) bond motifs is 2. The van der Waals surface area contributed by atoms with Crippen molar-refractivity contribution in [3.8, 4) is 0 Å². The van der Waals surface area contributed by atoms with Crippen molar-refractivity contribution in [1.29, 1.82) is 0 Å². The first-order valence-corrected chi connectivity index (χ1v) is 10.2. The number of carbonyl (C=O) groups excluding carboxylic acids is 1. The van der Waals surface area contributed by atoms with Crippen molar-refractivity contribution in [2.75, 3.05) is 51.2 Å². The van der Waals surface area contributed by atoms with Gasteiger partial charge < -0.3 is 19.9 Å². The van der Waals surface area contributed by atoms with E-state index in [9.17, 15) is 4.79 Å². The monoisotopic (exact) mass is 357 g/mol. The second-order valence-electron chi connectivity index (χ2n) is 8.11. The van der Waals surface area contributed by atoms with Crippen LogP contribution in [0, 0.1) is 5.92 Å². The summed E-state index contributed by atoms with van der Waals surface area (Å²) in [4.78, 5) is 16.3.